The van der Waals surface area contributed by atoms with Crippen LogP contribution in [0.3, 0.4) is 0 Å². The molecule has 0 aliphatic rings. The lowest BCUT2D eigenvalue weighted by Crippen LogP contribution is -2.28. The number of hydrogen-bond donors (Lipinski definition) is 1. The lowest BCUT2D eigenvalue weighted by molar-refractivity contribution is -0.149. The van der Waals surface area contributed by atoms with E-state index in [9.17, 15) is 4.79 Å². The van der Waals surface area contributed by atoms with Crippen molar-refractivity contribution in [3.63, 3.8) is 0 Å². The van der Waals surface area contributed by atoms with Gasteiger partial charge in [0, 0.05) is 23.2 Å². The molecule has 0 atom stereocenters. The predicted octanol–water partition coefficient (Wildman–Crippen LogP) is 3.48. The van der Waals surface area contributed by atoms with Crippen LogP contribution in [-0.2, 0) is 16.1 Å². The van der Waals surface area contributed by atoms with E-state index in [0.29, 0.717) is 11.8 Å². The summed E-state index contributed by atoms with van der Waals surface area (Å²) < 4.78 is 4.82. The maximum atomic E-state index is 11.6. The maximum Gasteiger partial charge on any atom is 0.312 e. The molecule has 1 aromatic carbocycles. The van der Waals surface area contributed by atoms with Crippen molar-refractivity contribution in [1.29, 1.82) is 0 Å². The Kier molecular flexibility index (Phi) is 6.56. The second kappa shape index (κ2) is 7.70. The third-order valence-corrected chi connectivity index (χ3v) is 4.45. The van der Waals surface area contributed by atoms with Gasteiger partial charge in [0.1, 0.15) is 0 Å². The van der Waals surface area contributed by atoms with Crippen LogP contribution in [0.2, 0.25) is 0 Å². The van der Waals surface area contributed by atoms with E-state index in [1.165, 1.54) is 17.6 Å². The highest BCUT2D eigenvalue weighted by Crippen LogP contribution is 2.28. The molecule has 0 saturated heterocycles. The van der Waals surface area contributed by atoms with E-state index < -0.39 is 5.41 Å². The Labute approximate surface area is 126 Å². The third kappa shape index (κ3) is 5.55. The Balaban J connectivity index is 2.51. The summed E-state index contributed by atoms with van der Waals surface area (Å²) in [5.74, 6) is 0.547. The number of benzene rings is 1. The summed E-state index contributed by atoms with van der Waals surface area (Å²) in [5, 5.41) is 3.39. The topological polar surface area (TPSA) is 38.3 Å². The highest BCUT2D eigenvalue weighted by Gasteiger charge is 2.28. The van der Waals surface area contributed by atoms with Crippen LogP contribution >= 0.6 is 11.8 Å². The summed E-state index contributed by atoms with van der Waals surface area (Å²) in [6.07, 6.45) is 0. The molecule has 0 saturated carbocycles. The first-order valence-electron chi connectivity index (χ1n) is 6.88. The summed E-state index contributed by atoms with van der Waals surface area (Å²) in [5.41, 5.74) is 0.812. The Morgan fingerprint density at radius 2 is 1.90 bits per heavy atom. The molecule has 0 heterocycles. The molecule has 0 unspecified atom stereocenters. The van der Waals surface area contributed by atoms with E-state index in [2.05, 4.69) is 43.4 Å². The van der Waals surface area contributed by atoms with Crippen LogP contribution in [0.15, 0.2) is 29.2 Å². The average Bonchev–Trinajstić information content (AvgIpc) is 2.43. The van der Waals surface area contributed by atoms with Crippen LogP contribution in [0.1, 0.15) is 33.3 Å². The highest BCUT2D eigenvalue weighted by molar-refractivity contribution is 7.99. The van der Waals surface area contributed by atoms with Gasteiger partial charge in [0.2, 0.25) is 0 Å². The lowest BCUT2D eigenvalue weighted by Gasteiger charge is -2.20. The number of hydrogen-bond acceptors (Lipinski definition) is 4. The highest BCUT2D eigenvalue weighted by atomic mass is 32.2. The third-order valence-electron chi connectivity index (χ3n) is 2.98. The zero-order valence-electron chi connectivity index (χ0n) is 13.0. The fraction of sp³-hybridized carbons (Fsp3) is 0.562. The van der Waals surface area contributed by atoms with Gasteiger partial charge >= 0.3 is 5.97 Å². The van der Waals surface area contributed by atoms with Crippen molar-refractivity contribution in [3.8, 4) is 0 Å². The summed E-state index contributed by atoms with van der Waals surface area (Å²) in [6, 6.07) is 8.96. The van der Waals surface area contributed by atoms with Crippen molar-refractivity contribution in [3.05, 3.63) is 29.8 Å². The average molecular weight is 295 g/mol. The fourth-order valence-electron chi connectivity index (χ4n) is 1.62. The molecule has 0 spiro atoms. The van der Waals surface area contributed by atoms with Gasteiger partial charge < -0.3 is 10.1 Å². The number of methoxy groups -OCH3 is 1. The van der Waals surface area contributed by atoms with Gasteiger partial charge in [-0.25, -0.2) is 0 Å². The minimum atomic E-state index is -0.461. The van der Waals surface area contributed by atoms with Crippen molar-refractivity contribution >= 4 is 17.7 Å². The zero-order valence-corrected chi connectivity index (χ0v) is 13.8. The molecule has 4 heteroatoms. The first-order chi connectivity index (χ1) is 9.35. The number of thioether (sulfide) groups is 1. The maximum absolute atomic E-state index is 11.6. The molecular weight excluding hydrogens is 270 g/mol. The summed E-state index contributed by atoms with van der Waals surface area (Å²) in [7, 11) is 1.44. The molecule has 1 rings (SSSR count). The van der Waals surface area contributed by atoms with E-state index in [4.69, 9.17) is 4.74 Å². The van der Waals surface area contributed by atoms with Gasteiger partial charge in [0.25, 0.3) is 0 Å². The molecular formula is C16H25NO2S. The van der Waals surface area contributed by atoms with E-state index in [-0.39, 0.29) is 5.97 Å². The molecule has 0 radical (unpaired) electrons. The van der Waals surface area contributed by atoms with E-state index in [0.717, 1.165) is 6.54 Å². The van der Waals surface area contributed by atoms with Crippen LogP contribution in [0, 0.1) is 5.41 Å². The molecule has 0 aromatic heterocycles. The molecule has 0 amide bonds. The van der Waals surface area contributed by atoms with Crippen molar-refractivity contribution in [2.75, 3.05) is 12.9 Å². The second-order valence-corrected chi connectivity index (χ2v) is 6.89. The Morgan fingerprint density at radius 3 is 2.40 bits per heavy atom. The first kappa shape index (κ1) is 17.1. The van der Waals surface area contributed by atoms with Crippen LogP contribution in [-0.4, -0.2) is 24.9 Å². The largest absolute Gasteiger partial charge is 0.469 e. The number of ether oxygens (including phenoxy) is 1. The fourth-order valence-corrected chi connectivity index (χ4v) is 2.60. The summed E-state index contributed by atoms with van der Waals surface area (Å²) in [6.45, 7) is 8.98. The number of esters is 1. The monoisotopic (exact) mass is 295 g/mol. The van der Waals surface area contributed by atoms with Crippen molar-refractivity contribution in [2.24, 2.45) is 5.41 Å². The molecule has 0 bridgehead atoms. The molecule has 112 valence electrons. The number of carbonyl (C=O) groups is 1. The van der Waals surface area contributed by atoms with Gasteiger partial charge in [0.05, 0.1) is 12.5 Å². The number of carbonyl (C=O) groups excluding carboxylic acids is 1. The van der Waals surface area contributed by atoms with Crippen molar-refractivity contribution < 1.29 is 9.53 Å². The standard InChI is InChI=1S/C16H25NO2S/c1-12(2)17-10-13-6-8-14(9-7-13)20-11-16(3,4)15(18)19-5/h6-9,12,17H,10-11H2,1-5H3. The number of rotatable bonds is 7. The molecule has 0 fully saturated rings. The van der Waals surface area contributed by atoms with Gasteiger partial charge in [-0.3, -0.25) is 4.79 Å². The Morgan fingerprint density at radius 1 is 1.30 bits per heavy atom. The second-order valence-electron chi connectivity index (χ2n) is 5.84. The van der Waals surface area contributed by atoms with E-state index >= 15 is 0 Å². The SMILES string of the molecule is COC(=O)C(C)(C)CSc1ccc(CNC(C)C)cc1. The smallest absolute Gasteiger partial charge is 0.312 e. The minimum absolute atomic E-state index is 0.164. The first-order valence-corrected chi connectivity index (χ1v) is 7.87. The zero-order chi connectivity index (χ0) is 15.2. The normalized spacial score (nSPS) is 11.7. The van der Waals surface area contributed by atoms with Crippen LogP contribution in [0.5, 0.6) is 0 Å². The van der Waals surface area contributed by atoms with Gasteiger partial charge in [0.15, 0.2) is 0 Å². The van der Waals surface area contributed by atoms with Gasteiger partial charge in [-0.2, -0.15) is 0 Å². The molecule has 3 nitrogen and oxygen atoms in total. The Hall–Kier alpha value is -1.00. The lowest BCUT2D eigenvalue weighted by atomic mass is 9.97. The molecule has 1 aromatic rings. The molecule has 1 N–H and O–H groups in total. The van der Waals surface area contributed by atoms with Crippen LogP contribution < -0.4 is 5.32 Å². The summed E-state index contributed by atoms with van der Waals surface area (Å²) >= 11 is 1.68. The van der Waals surface area contributed by atoms with E-state index in [1.54, 1.807) is 11.8 Å². The minimum Gasteiger partial charge on any atom is -0.469 e. The number of nitrogens with one attached hydrogen (secondary N) is 1. The van der Waals surface area contributed by atoms with Crippen molar-refractivity contribution in [2.45, 2.75) is 45.2 Å². The van der Waals surface area contributed by atoms with Crippen molar-refractivity contribution in [1.82, 2.24) is 5.32 Å². The van der Waals surface area contributed by atoms with Gasteiger partial charge in [-0.1, -0.05) is 26.0 Å². The van der Waals surface area contributed by atoms with Gasteiger partial charge in [-0.15, -0.1) is 11.8 Å². The summed E-state index contributed by atoms with van der Waals surface area (Å²) in [4.78, 5) is 12.8. The van der Waals surface area contributed by atoms with Gasteiger partial charge in [-0.05, 0) is 31.5 Å². The van der Waals surface area contributed by atoms with Crippen LogP contribution in [0.4, 0.5) is 0 Å². The van der Waals surface area contributed by atoms with Crippen LogP contribution in [0.25, 0.3) is 0 Å². The van der Waals surface area contributed by atoms with E-state index in [1.807, 2.05) is 13.8 Å². The molecule has 0 aliphatic heterocycles. The predicted molar refractivity (Wildman–Crippen MR) is 84.9 cm³/mol. The Bertz CT molecular complexity index is 427. The molecule has 0 aliphatic carbocycles. The quantitative estimate of drug-likeness (QED) is 0.617. The molecule has 20 heavy (non-hydrogen) atoms.